The van der Waals surface area contributed by atoms with Crippen molar-refractivity contribution in [2.45, 2.75) is 0 Å². The van der Waals surface area contributed by atoms with Crippen LogP contribution in [-0.2, 0) is 0 Å². The number of nitrogens with one attached hydrogen (secondary N) is 1. The molecule has 2 heterocycles. The van der Waals surface area contributed by atoms with Gasteiger partial charge in [-0.1, -0.05) is 0 Å². The molecule has 1 aliphatic heterocycles. The number of hydrogen-bond acceptors (Lipinski definition) is 2. The summed E-state index contributed by atoms with van der Waals surface area (Å²) in [4.78, 5) is 11.0. The topological polar surface area (TPSA) is 40.5 Å². The maximum absolute atomic E-state index is 4.03. The van der Waals surface area contributed by atoms with E-state index >= 15 is 0 Å². The minimum Gasteiger partial charge on any atom is -0.344 e. The molecule has 0 radical (unpaired) electrons. The molecule has 44 valence electrons. The van der Waals surface area contributed by atoms with E-state index in [4.69, 9.17) is 0 Å². The third kappa shape index (κ3) is 0.661. The fraction of sp³-hybridized carbons (Fsp3) is 0. The van der Waals surface area contributed by atoms with Gasteiger partial charge in [-0.3, -0.25) is 4.99 Å². The van der Waals surface area contributed by atoms with Crippen LogP contribution in [0, 0.1) is 0 Å². The summed E-state index contributed by atoms with van der Waals surface area (Å²) in [7, 11) is 0. The van der Waals surface area contributed by atoms with Crippen LogP contribution in [0.2, 0.25) is 0 Å². The number of hydrogen-bond donors (Lipinski definition) is 1. The van der Waals surface area contributed by atoms with Gasteiger partial charge in [-0.2, -0.15) is 0 Å². The molecule has 0 saturated heterocycles. The summed E-state index contributed by atoms with van der Waals surface area (Å²) in [5.74, 6) is 0.863. The first-order valence-corrected chi connectivity index (χ1v) is 2.70. The molecule has 2 rings (SSSR count). The summed E-state index contributed by atoms with van der Waals surface area (Å²) in [6.45, 7) is 0. The van der Waals surface area contributed by atoms with Gasteiger partial charge in [-0.15, -0.1) is 0 Å². The molecule has 1 N–H and O–H groups in total. The van der Waals surface area contributed by atoms with E-state index < -0.39 is 0 Å². The van der Waals surface area contributed by atoms with Crippen molar-refractivity contribution in [3.63, 3.8) is 0 Å². The molecule has 0 saturated carbocycles. The Hall–Kier alpha value is -1.38. The highest BCUT2D eigenvalue weighted by Crippen LogP contribution is 2.19. The first-order valence-electron chi connectivity index (χ1n) is 2.70. The Kier molecular flexibility index (Phi) is 0.773. The molecular weight excluding hydrogens is 114 g/mol. The van der Waals surface area contributed by atoms with Crippen molar-refractivity contribution in [2.24, 2.45) is 9.98 Å². The lowest BCUT2D eigenvalue weighted by Crippen LogP contribution is -1.71. The number of rotatable bonds is 0. The summed E-state index contributed by atoms with van der Waals surface area (Å²) in [6.07, 6.45) is 5.16. The minimum absolute atomic E-state index is 0.863. The smallest absolute Gasteiger partial charge is 0.132 e. The van der Waals surface area contributed by atoms with Crippen LogP contribution in [0.3, 0.4) is 0 Å². The monoisotopic (exact) mass is 119 g/mol. The van der Waals surface area contributed by atoms with Crippen LogP contribution in [0.4, 0.5) is 11.5 Å². The van der Waals surface area contributed by atoms with Gasteiger partial charge in [0.05, 0.1) is 5.69 Å². The second kappa shape index (κ2) is 1.55. The Balaban J connectivity index is 2.66. The van der Waals surface area contributed by atoms with Crippen molar-refractivity contribution < 1.29 is 0 Å². The van der Waals surface area contributed by atoms with Crippen LogP contribution < -0.4 is 0 Å². The van der Waals surface area contributed by atoms with E-state index in [0.717, 1.165) is 11.5 Å². The standard InChI is InChI=1S/C6H5N3/c1-2-8-6-3-5(7-1)4-9-6/h1-4,9H. The number of nitrogens with zero attached hydrogens (tertiary/aromatic N) is 2. The van der Waals surface area contributed by atoms with E-state index in [-0.39, 0.29) is 0 Å². The van der Waals surface area contributed by atoms with E-state index in [1.54, 1.807) is 12.4 Å². The number of H-pyrrole nitrogens is 1. The van der Waals surface area contributed by atoms with E-state index in [9.17, 15) is 0 Å². The van der Waals surface area contributed by atoms with Crippen molar-refractivity contribution in [1.29, 1.82) is 0 Å². The Morgan fingerprint density at radius 1 is 1.22 bits per heavy atom. The van der Waals surface area contributed by atoms with Crippen LogP contribution >= 0.6 is 0 Å². The average Bonchev–Trinajstić information content (AvgIpc) is 2.09. The lowest BCUT2D eigenvalue weighted by molar-refractivity contribution is 1.34. The Morgan fingerprint density at radius 2 is 2.11 bits per heavy atom. The fourth-order valence-electron chi connectivity index (χ4n) is 0.753. The molecule has 0 aromatic carbocycles. The third-order valence-corrected chi connectivity index (χ3v) is 1.16. The number of aromatic nitrogens is 1. The Bertz CT molecular complexity index is 243. The molecular formula is C6H5N3. The SMILES string of the molecule is C1=Nc2c[nH]c(c2)N=C1. The maximum Gasteiger partial charge on any atom is 0.132 e. The molecule has 0 amide bonds. The van der Waals surface area contributed by atoms with Gasteiger partial charge < -0.3 is 4.98 Å². The molecule has 3 heteroatoms. The Labute approximate surface area is 52.2 Å². The summed E-state index contributed by atoms with van der Waals surface area (Å²) in [6, 6.07) is 1.89. The predicted octanol–water partition coefficient (Wildman–Crippen LogP) is 1.43. The van der Waals surface area contributed by atoms with E-state index in [1.807, 2.05) is 12.3 Å². The van der Waals surface area contributed by atoms with Crippen molar-refractivity contribution in [3.8, 4) is 0 Å². The summed E-state index contributed by atoms with van der Waals surface area (Å²) in [5.41, 5.74) is 0.933. The molecule has 0 unspecified atom stereocenters. The van der Waals surface area contributed by atoms with Crippen molar-refractivity contribution in [3.05, 3.63) is 12.3 Å². The highest BCUT2D eigenvalue weighted by molar-refractivity contribution is 6.17. The lowest BCUT2D eigenvalue weighted by Gasteiger charge is -1.79. The van der Waals surface area contributed by atoms with Gasteiger partial charge in [0.25, 0.3) is 0 Å². The first kappa shape index (κ1) is 4.49. The van der Waals surface area contributed by atoms with E-state index in [0.29, 0.717) is 0 Å². The lowest BCUT2D eigenvalue weighted by atomic mass is 10.5. The van der Waals surface area contributed by atoms with Gasteiger partial charge in [0.1, 0.15) is 5.82 Å². The minimum atomic E-state index is 0.863. The zero-order chi connectivity index (χ0) is 6.10. The normalized spacial score (nSPS) is 13.8. The molecule has 1 aromatic heterocycles. The predicted molar refractivity (Wildman–Crippen MR) is 37.1 cm³/mol. The molecule has 3 nitrogen and oxygen atoms in total. The van der Waals surface area contributed by atoms with Gasteiger partial charge in [-0.25, -0.2) is 4.99 Å². The summed E-state index contributed by atoms with van der Waals surface area (Å²) >= 11 is 0. The maximum atomic E-state index is 4.03. The molecule has 0 atom stereocenters. The number of fused-ring (bicyclic) bond motifs is 2. The van der Waals surface area contributed by atoms with Crippen LogP contribution in [0.25, 0.3) is 0 Å². The number of aliphatic imine (C=N–C) groups is 2. The van der Waals surface area contributed by atoms with Crippen molar-refractivity contribution >= 4 is 23.9 Å². The molecule has 1 aliphatic rings. The zero-order valence-corrected chi connectivity index (χ0v) is 4.70. The van der Waals surface area contributed by atoms with Gasteiger partial charge in [0.2, 0.25) is 0 Å². The van der Waals surface area contributed by atoms with Crippen LogP contribution in [0.15, 0.2) is 22.2 Å². The summed E-state index contributed by atoms with van der Waals surface area (Å²) in [5, 5.41) is 0. The van der Waals surface area contributed by atoms with Crippen LogP contribution in [0.1, 0.15) is 0 Å². The average molecular weight is 119 g/mol. The molecule has 9 heavy (non-hydrogen) atoms. The van der Waals surface area contributed by atoms with Crippen molar-refractivity contribution in [1.82, 2.24) is 4.98 Å². The second-order valence-electron chi connectivity index (χ2n) is 1.80. The Morgan fingerprint density at radius 3 is 3.11 bits per heavy atom. The largest absolute Gasteiger partial charge is 0.344 e. The van der Waals surface area contributed by atoms with Gasteiger partial charge in [0.15, 0.2) is 0 Å². The highest BCUT2D eigenvalue weighted by atomic mass is 14.9. The molecule has 0 aliphatic carbocycles. The van der Waals surface area contributed by atoms with Gasteiger partial charge >= 0.3 is 0 Å². The van der Waals surface area contributed by atoms with E-state index in [1.165, 1.54) is 0 Å². The zero-order valence-electron chi connectivity index (χ0n) is 4.70. The quantitative estimate of drug-likeness (QED) is 0.536. The summed E-state index contributed by atoms with van der Waals surface area (Å²) < 4.78 is 0. The molecule has 0 fully saturated rings. The second-order valence-corrected chi connectivity index (χ2v) is 1.80. The van der Waals surface area contributed by atoms with Gasteiger partial charge in [-0.05, 0) is 0 Å². The third-order valence-electron chi connectivity index (χ3n) is 1.16. The van der Waals surface area contributed by atoms with Crippen LogP contribution in [-0.4, -0.2) is 17.4 Å². The first-order chi connectivity index (χ1) is 4.45. The van der Waals surface area contributed by atoms with Gasteiger partial charge in [0, 0.05) is 24.7 Å². The molecule has 1 aromatic rings. The number of aromatic amines is 1. The molecule has 2 bridgehead atoms. The fourth-order valence-corrected chi connectivity index (χ4v) is 0.753. The van der Waals surface area contributed by atoms with Crippen LogP contribution in [0.5, 0.6) is 0 Å². The van der Waals surface area contributed by atoms with Crippen molar-refractivity contribution in [2.75, 3.05) is 0 Å². The van der Waals surface area contributed by atoms with E-state index in [2.05, 4.69) is 15.0 Å². The molecule has 0 spiro atoms. The highest BCUT2D eigenvalue weighted by Gasteiger charge is 1.94.